The van der Waals surface area contributed by atoms with E-state index in [1.54, 1.807) is 30.3 Å². The number of phenols is 3. The Hall–Kier alpha value is -3.92. The highest BCUT2D eigenvalue weighted by Crippen LogP contribution is 2.32. The van der Waals surface area contributed by atoms with Crippen molar-refractivity contribution < 1.29 is 20.1 Å². The SMILES string of the molecule is Oc1ccc(CCc2ccc(Oc3cc(CCc4ccc(O)cc4)ccc3O)cc2)cc1. The number of hydrogen-bond acceptors (Lipinski definition) is 4. The Labute approximate surface area is 188 Å². The van der Waals surface area contributed by atoms with Gasteiger partial charge in [-0.15, -0.1) is 0 Å². The van der Waals surface area contributed by atoms with E-state index in [0.29, 0.717) is 11.5 Å². The van der Waals surface area contributed by atoms with Crippen LogP contribution in [0.1, 0.15) is 22.3 Å². The summed E-state index contributed by atoms with van der Waals surface area (Å²) >= 11 is 0. The molecule has 3 N–H and O–H groups in total. The van der Waals surface area contributed by atoms with E-state index < -0.39 is 0 Å². The Kier molecular flexibility index (Phi) is 6.61. The fourth-order valence-corrected chi connectivity index (χ4v) is 3.55. The van der Waals surface area contributed by atoms with Crippen LogP contribution in [0.4, 0.5) is 0 Å². The number of aryl methyl sites for hydroxylation is 4. The van der Waals surface area contributed by atoms with E-state index in [4.69, 9.17) is 4.74 Å². The average molecular weight is 427 g/mol. The summed E-state index contributed by atoms with van der Waals surface area (Å²) in [5.74, 6) is 1.76. The summed E-state index contributed by atoms with van der Waals surface area (Å²) in [5, 5.41) is 29.0. The molecule has 32 heavy (non-hydrogen) atoms. The normalized spacial score (nSPS) is 10.8. The topological polar surface area (TPSA) is 69.9 Å². The van der Waals surface area contributed by atoms with Crippen LogP contribution in [0.2, 0.25) is 0 Å². The van der Waals surface area contributed by atoms with Crippen LogP contribution >= 0.6 is 0 Å². The minimum absolute atomic E-state index is 0.106. The smallest absolute Gasteiger partial charge is 0.169 e. The van der Waals surface area contributed by atoms with Gasteiger partial charge in [0.2, 0.25) is 0 Å². The summed E-state index contributed by atoms with van der Waals surface area (Å²) in [6.07, 6.45) is 3.42. The second-order valence-corrected chi connectivity index (χ2v) is 7.88. The quantitative estimate of drug-likeness (QED) is 0.315. The van der Waals surface area contributed by atoms with Crippen LogP contribution in [0.3, 0.4) is 0 Å². The molecule has 0 aromatic heterocycles. The minimum Gasteiger partial charge on any atom is -0.508 e. The molecule has 4 nitrogen and oxygen atoms in total. The molecule has 0 aliphatic carbocycles. The summed E-state index contributed by atoms with van der Waals surface area (Å²) in [7, 11) is 0. The second-order valence-electron chi connectivity index (χ2n) is 7.88. The van der Waals surface area contributed by atoms with Crippen LogP contribution in [-0.4, -0.2) is 15.3 Å². The van der Waals surface area contributed by atoms with Gasteiger partial charge in [0.25, 0.3) is 0 Å². The first-order valence-corrected chi connectivity index (χ1v) is 10.7. The first-order valence-electron chi connectivity index (χ1n) is 10.7. The lowest BCUT2D eigenvalue weighted by Crippen LogP contribution is -1.94. The maximum Gasteiger partial charge on any atom is 0.169 e. The molecule has 0 fully saturated rings. The van der Waals surface area contributed by atoms with E-state index >= 15 is 0 Å². The third-order valence-electron chi connectivity index (χ3n) is 5.45. The highest BCUT2D eigenvalue weighted by molar-refractivity contribution is 5.45. The summed E-state index contributed by atoms with van der Waals surface area (Å²) in [5.41, 5.74) is 4.58. The monoisotopic (exact) mass is 426 g/mol. The molecule has 0 unspecified atom stereocenters. The van der Waals surface area contributed by atoms with Crippen LogP contribution < -0.4 is 4.74 Å². The Morgan fingerprint density at radius 3 is 1.38 bits per heavy atom. The van der Waals surface area contributed by atoms with E-state index in [1.165, 1.54) is 11.1 Å². The third kappa shape index (κ3) is 5.82. The molecule has 0 bridgehead atoms. The summed E-state index contributed by atoms with van der Waals surface area (Å²) in [6, 6.07) is 27.8. The van der Waals surface area contributed by atoms with E-state index in [0.717, 1.165) is 36.8 Å². The summed E-state index contributed by atoms with van der Waals surface area (Å²) in [6.45, 7) is 0. The van der Waals surface area contributed by atoms with Crippen LogP contribution in [-0.2, 0) is 25.7 Å². The molecule has 0 amide bonds. The molecule has 0 aliphatic heterocycles. The van der Waals surface area contributed by atoms with Crippen molar-refractivity contribution in [2.24, 2.45) is 0 Å². The van der Waals surface area contributed by atoms with Gasteiger partial charge < -0.3 is 20.1 Å². The number of hydrogen-bond donors (Lipinski definition) is 3. The van der Waals surface area contributed by atoms with Crippen LogP contribution in [0.5, 0.6) is 28.7 Å². The largest absolute Gasteiger partial charge is 0.508 e. The molecule has 0 aliphatic rings. The van der Waals surface area contributed by atoms with Gasteiger partial charge in [-0.2, -0.15) is 0 Å². The maximum atomic E-state index is 10.2. The van der Waals surface area contributed by atoms with E-state index in [-0.39, 0.29) is 17.2 Å². The van der Waals surface area contributed by atoms with Crippen molar-refractivity contribution in [1.29, 1.82) is 0 Å². The molecule has 0 saturated heterocycles. The van der Waals surface area contributed by atoms with Crippen molar-refractivity contribution in [3.63, 3.8) is 0 Å². The average Bonchev–Trinajstić information content (AvgIpc) is 2.81. The molecule has 4 aromatic carbocycles. The maximum absolute atomic E-state index is 10.2. The van der Waals surface area contributed by atoms with Crippen LogP contribution in [0, 0.1) is 0 Å². The number of rotatable bonds is 8. The number of benzene rings is 4. The molecule has 0 radical (unpaired) electrons. The minimum atomic E-state index is 0.106. The Morgan fingerprint density at radius 2 is 0.875 bits per heavy atom. The molecule has 0 spiro atoms. The van der Waals surface area contributed by atoms with Gasteiger partial charge in [-0.05, 0) is 96.5 Å². The molecule has 4 heteroatoms. The van der Waals surface area contributed by atoms with Crippen molar-refractivity contribution in [2.45, 2.75) is 25.7 Å². The van der Waals surface area contributed by atoms with Crippen molar-refractivity contribution in [1.82, 2.24) is 0 Å². The van der Waals surface area contributed by atoms with Gasteiger partial charge in [-0.1, -0.05) is 42.5 Å². The molecule has 0 saturated carbocycles. The van der Waals surface area contributed by atoms with Gasteiger partial charge in [0, 0.05) is 0 Å². The van der Waals surface area contributed by atoms with Gasteiger partial charge in [0.1, 0.15) is 17.2 Å². The fraction of sp³-hybridized carbons (Fsp3) is 0.143. The predicted octanol–water partition coefficient (Wildman–Crippen LogP) is 6.17. The van der Waals surface area contributed by atoms with Gasteiger partial charge >= 0.3 is 0 Å². The lowest BCUT2D eigenvalue weighted by atomic mass is 10.0. The van der Waals surface area contributed by atoms with Crippen molar-refractivity contribution in [3.05, 3.63) is 113 Å². The zero-order valence-electron chi connectivity index (χ0n) is 17.7. The van der Waals surface area contributed by atoms with Gasteiger partial charge in [0.15, 0.2) is 11.5 Å². The zero-order valence-corrected chi connectivity index (χ0v) is 17.7. The lowest BCUT2D eigenvalue weighted by molar-refractivity contribution is 0.410. The van der Waals surface area contributed by atoms with Crippen LogP contribution in [0.15, 0.2) is 91.0 Å². The van der Waals surface area contributed by atoms with Crippen LogP contribution in [0.25, 0.3) is 0 Å². The van der Waals surface area contributed by atoms with Crippen molar-refractivity contribution >= 4 is 0 Å². The van der Waals surface area contributed by atoms with E-state index in [2.05, 4.69) is 0 Å². The van der Waals surface area contributed by atoms with Crippen molar-refractivity contribution in [3.8, 4) is 28.7 Å². The molecule has 4 rings (SSSR count). The Morgan fingerprint density at radius 1 is 0.469 bits per heavy atom. The molecule has 0 heterocycles. The first kappa shape index (κ1) is 21.3. The fourth-order valence-electron chi connectivity index (χ4n) is 3.55. The second kappa shape index (κ2) is 9.92. The number of aromatic hydroxyl groups is 3. The Balaban J connectivity index is 1.36. The van der Waals surface area contributed by atoms with Crippen molar-refractivity contribution in [2.75, 3.05) is 0 Å². The third-order valence-corrected chi connectivity index (χ3v) is 5.45. The summed E-state index contributed by atoms with van der Waals surface area (Å²) in [4.78, 5) is 0. The number of ether oxygens (including phenoxy) is 1. The van der Waals surface area contributed by atoms with E-state index in [9.17, 15) is 15.3 Å². The first-order chi connectivity index (χ1) is 15.5. The lowest BCUT2D eigenvalue weighted by Gasteiger charge is -2.11. The number of phenolic OH excluding ortho intramolecular Hbond substituents is 3. The standard InChI is InChI=1S/C28H26O4/c29-24-12-5-20(6-13-24)1-2-22-9-16-26(17-10-22)32-28-19-23(11-18-27(28)31)4-3-21-7-14-25(30)15-8-21/h5-19,29-31H,1-4H2. The molecule has 4 aromatic rings. The highest BCUT2D eigenvalue weighted by Gasteiger charge is 2.07. The van der Waals surface area contributed by atoms with Gasteiger partial charge in [0.05, 0.1) is 0 Å². The van der Waals surface area contributed by atoms with Gasteiger partial charge in [-0.3, -0.25) is 0 Å². The molecular weight excluding hydrogens is 400 g/mol. The van der Waals surface area contributed by atoms with Gasteiger partial charge in [-0.25, -0.2) is 0 Å². The summed E-state index contributed by atoms with van der Waals surface area (Å²) < 4.78 is 5.94. The zero-order chi connectivity index (χ0) is 22.3. The van der Waals surface area contributed by atoms with E-state index in [1.807, 2.05) is 60.7 Å². The highest BCUT2D eigenvalue weighted by atomic mass is 16.5. The Bertz CT molecular complexity index is 1150. The molecule has 162 valence electrons. The molecular formula is C28H26O4. The predicted molar refractivity (Wildman–Crippen MR) is 126 cm³/mol. The molecule has 0 atom stereocenters.